The second-order valence-electron chi connectivity index (χ2n) is 6.67. The summed E-state index contributed by atoms with van der Waals surface area (Å²) in [6.45, 7) is 5.39. The quantitative estimate of drug-likeness (QED) is 0.747. The van der Waals surface area contributed by atoms with Gasteiger partial charge in [-0.2, -0.15) is 0 Å². The molecule has 0 aliphatic heterocycles. The van der Waals surface area contributed by atoms with E-state index in [9.17, 15) is 4.79 Å². The van der Waals surface area contributed by atoms with Gasteiger partial charge in [-0.1, -0.05) is 68.4 Å². The van der Waals surface area contributed by atoms with Crippen molar-refractivity contribution in [1.29, 1.82) is 0 Å². The predicted molar refractivity (Wildman–Crippen MR) is 101 cm³/mol. The monoisotopic (exact) mass is 340 g/mol. The molecule has 1 unspecified atom stereocenters. The summed E-state index contributed by atoms with van der Waals surface area (Å²) in [5.74, 6) is 0.497. The maximum atomic E-state index is 12.3. The Morgan fingerprint density at radius 2 is 1.76 bits per heavy atom. The molecule has 4 nitrogen and oxygen atoms in total. The number of carbonyl (C=O) groups is 1. The summed E-state index contributed by atoms with van der Waals surface area (Å²) in [4.78, 5) is 12.3. The fourth-order valence-corrected chi connectivity index (χ4v) is 2.82. The van der Waals surface area contributed by atoms with Gasteiger partial charge in [-0.25, -0.2) is 4.79 Å². The van der Waals surface area contributed by atoms with Crippen LogP contribution in [0.4, 0.5) is 4.79 Å². The minimum Gasteiger partial charge on any atom is -0.380 e. The molecular formula is C21H28N2O2. The number of urea groups is 1. The van der Waals surface area contributed by atoms with Gasteiger partial charge in [0.1, 0.15) is 0 Å². The van der Waals surface area contributed by atoms with Gasteiger partial charge >= 0.3 is 6.03 Å². The molecule has 0 spiro atoms. The average molecular weight is 340 g/mol. The van der Waals surface area contributed by atoms with Crippen molar-refractivity contribution >= 4 is 6.03 Å². The minimum absolute atomic E-state index is 0.0148. The van der Waals surface area contributed by atoms with Gasteiger partial charge < -0.3 is 15.4 Å². The molecule has 0 aliphatic rings. The van der Waals surface area contributed by atoms with Crippen LogP contribution < -0.4 is 10.6 Å². The second kappa shape index (κ2) is 9.84. The molecular weight excluding hydrogens is 312 g/mol. The van der Waals surface area contributed by atoms with Gasteiger partial charge in [-0.3, -0.25) is 0 Å². The molecule has 0 fully saturated rings. The smallest absolute Gasteiger partial charge is 0.315 e. The van der Waals surface area contributed by atoms with Crippen molar-refractivity contribution in [2.24, 2.45) is 5.92 Å². The zero-order chi connectivity index (χ0) is 18.1. The summed E-state index contributed by atoms with van der Waals surface area (Å²) in [5.41, 5.74) is 3.29. The van der Waals surface area contributed by atoms with Gasteiger partial charge in [0.25, 0.3) is 0 Å². The summed E-state index contributed by atoms with van der Waals surface area (Å²) in [6.07, 6.45) is 0.904. The number of amides is 2. The largest absolute Gasteiger partial charge is 0.380 e. The topological polar surface area (TPSA) is 50.4 Å². The van der Waals surface area contributed by atoms with Crippen LogP contribution in [0.1, 0.15) is 43.0 Å². The van der Waals surface area contributed by atoms with Crippen LogP contribution in [-0.4, -0.2) is 13.1 Å². The minimum atomic E-state index is -0.147. The Morgan fingerprint density at radius 1 is 1.04 bits per heavy atom. The van der Waals surface area contributed by atoms with E-state index in [2.05, 4.69) is 36.6 Å². The van der Waals surface area contributed by atoms with Crippen LogP contribution in [0, 0.1) is 5.92 Å². The van der Waals surface area contributed by atoms with Crippen molar-refractivity contribution < 1.29 is 9.53 Å². The molecule has 2 rings (SSSR count). The summed E-state index contributed by atoms with van der Waals surface area (Å²) in [6, 6.07) is 18.0. The van der Waals surface area contributed by atoms with Crippen molar-refractivity contribution in [3.63, 3.8) is 0 Å². The highest BCUT2D eigenvalue weighted by Crippen LogP contribution is 2.20. The van der Waals surface area contributed by atoms with E-state index >= 15 is 0 Å². The van der Waals surface area contributed by atoms with E-state index in [1.165, 1.54) is 0 Å². The van der Waals surface area contributed by atoms with Gasteiger partial charge in [-0.15, -0.1) is 0 Å². The van der Waals surface area contributed by atoms with E-state index in [-0.39, 0.29) is 12.1 Å². The highest BCUT2D eigenvalue weighted by Gasteiger charge is 2.15. The van der Waals surface area contributed by atoms with Crippen LogP contribution >= 0.6 is 0 Å². The lowest BCUT2D eigenvalue weighted by molar-refractivity contribution is 0.185. The van der Waals surface area contributed by atoms with Crippen LogP contribution in [0.5, 0.6) is 0 Å². The summed E-state index contributed by atoms with van der Waals surface area (Å²) in [7, 11) is 1.68. The van der Waals surface area contributed by atoms with Gasteiger partial charge in [0.05, 0.1) is 12.6 Å². The summed E-state index contributed by atoms with van der Waals surface area (Å²) < 4.78 is 5.15. The molecule has 0 aromatic heterocycles. The Labute approximate surface area is 150 Å². The number of hydrogen-bond donors (Lipinski definition) is 2. The van der Waals surface area contributed by atoms with Crippen molar-refractivity contribution in [2.75, 3.05) is 7.11 Å². The number of rotatable bonds is 8. The van der Waals surface area contributed by atoms with Crippen LogP contribution in [0.25, 0.3) is 0 Å². The third-order valence-corrected chi connectivity index (χ3v) is 3.97. The van der Waals surface area contributed by atoms with Crippen LogP contribution in [0.15, 0.2) is 54.6 Å². The zero-order valence-electron chi connectivity index (χ0n) is 15.3. The SMILES string of the molecule is COCc1cccc(CNC(=O)NC(CC(C)C)c2ccccc2)c1. The Balaban J connectivity index is 1.93. The highest BCUT2D eigenvalue weighted by molar-refractivity contribution is 5.74. The first-order valence-electron chi connectivity index (χ1n) is 8.74. The lowest BCUT2D eigenvalue weighted by Crippen LogP contribution is -2.38. The third kappa shape index (κ3) is 6.59. The molecule has 0 radical (unpaired) electrons. The summed E-state index contributed by atoms with van der Waals surface area (Å²) in [5, 5.41) is 6.05. The Bertz CT molecular complexity index is 656. The Hall–Kier alpha value is -2.33. The first-order chi connectivity index (χ1) is 12.1. The van der Waals surface area contributed by atoms with Crippen molar-refractivity contribution in [1.82, 2.24) is 10.6 Å². The van der Waals surface area contributed by atoms with Crippen LogP contribution in [0.2, 0.25) is 0 Å². The fraction of sp³-hybridized carbons (Fsp3) is 0.381. The molecule has 134 valence electrons. The molecule has 2 amide bonds. The van der Waals surface area contributed by atoms with Gasteiger partial charge in [0, 0.05) is 13.7 Å². The number of ether oxygens (including phenoxy) is 1. The van der Waals surface area contributed by atoms with Gasteiger partial charge in [0.2, 0.25) is 0 Å². The Kier molecular flexibility index (Phi) is 7.48. The molecule has 0 heterocycles. The van der Waals surface area contributed by atoms with Crippen molar-refractivity contribution in [3.05, 3.63) is 71.3 Å². The normalized spacial score (nSPS) is 12.0. The van der Waals surface area contributed by atoms with Crippen molar-refractivity contribution in [3.8, 4) is 0 Å². The van der Waals surface area contributed by atoms with E-state index in [4.69, 9.17) is 4.74 Å². The molecule has 2 N–H and O–H groups in total. The van der Waals surface area contributed by atoms with E-state index in [0.29, 0.717) is 19.1 Å². The number of benzene rings is 2. The van der Waals surface area contributed by atoms with Crippen LogP contribution in [-0.2, 0) is 17.9 Å². The predicted octanol–water partition coefficient (Wildman–Crippen LogP) is 4.42. The van der Waals surface area contributed by atoms with E-state index in [0.717, 1.165) is 23.1 Å². The number of carbonyl (C=O) groups excluding carboxylic acids is 1. The van der Waals surface area contributed by atoms with Crippen molar-refractivity contribution in [2.45, 2.75) is 39.5 Å². The van der Waals surface area contributed by atoms with E-state index < -0.39 is 0 Å². The maximum absolute atomic E-state index is 12.3. The highest BCUT2D eigenvalue weighted by atomic mass is 16.5. The standard InChI is InChI=1S/C21H28N2O2/c1-16(2)12-20(19-10-5-4-6-11-19)23-21(24)22-14-17-8-7-9-18(13-17)15-25-3/h4-11,13,16,20H,12,14-15H2,1-3H3,(H2,22,23,24). The number of methoxy groups -OCH3 is 1. The first kappa shape index (κ1) is 19.0. The molecule has 1 atom stereocenters. The third-order valence-electron chi connectivity index (χ3n) is 3.97. The second-order valence-corrected chi connectivity index (χ2v) is 6.67. The molecule has 0 aliphatic carbocycles. The molecule has 2 aromatic rings. The zero-order valence-corrected chi connectivity index (χ0v) is 15.3. The molecule has 0 saturated carbocycles. The Morgan fingerprint density at radius 3 is 2.44 bits per heavy atom. The average Bonchev–Trinajstić information content (AvgIpc) is 2.60. The van der Waals surface area contributed by atoms with Gasteiger partial charge in [-0.05, 0) is 29.0 Å². The molecule has 4 heteroatoms. The summed E-state index contributed by atoms with van der Waals surface area (Å²) >= 11 is 0. The maximum Gasteiger partial charge on any atom is 0.315 e. The van der Waals surface area contributed by atoms with E-state index in [1.807, 2.05) is 42.5 Å². The lowest BCUT2D eigenvalue weighted by Gasteiger charge is -2.21. The van der Waals surface area contributed by atoms with Crippen LogP contribution in [0.3, 0.4) is 0 Å². The molecule has 2 aromatic carbocycles. The molecule has 25 heavy (non-hydrogen) atoms. The number of nitrogens with one attached hydrogen (secondary N) is 2. The fourth-order valence-electron chi connectivity index (χ4n) is 2.82. The molecule has 0 saturated heterocycles. The molecule has 0 bridgehead atoms. The lowest BCUT2D eigenvalue weighted by atomic mass is 9.97. The van der Waals surface area contributed by atoms with E-state index in [1.54, 1.807) is 7.11 Å². The number of hydrogen-bond acceptors (Lipinski definition) is 2. The van der Waals surface area contributed by atoms with Gasteiger partial charge in [0.15, 0.2) is 0 Å². The first-order valence-corrected chi connectivity index (χ1v) is 8.74.